The van der Waals surface area contributed by atoms with Gasteiger partial charge in [0, 0.05) is 36.1 Å². The van der Waals surface area contributed by atoms with Crippen molar-refractivity contribution in [1.82, 2.24) is 4.98 Å². The molecular weight excluding hydrogens is 436 g/mol. The van der Waals surface area contributed by atoms with Gasteiger partial charge in [0.1, 0.15) is 23.4 Å². The second-order valence-electron chi connectivity index (χ2n) is 8.19. The van der Waals surface area contributed by atoms with Crippen LogP contribution in [0.2, 0.25) is 0 Å². The fourth-order valence-electron chi connectivity index (χ4n) is 4.54. The Bertz CT molecular complexity index is 1270. The number of ether oxygens (including phenoxy) is 3. The molecule has 0 bridgehead atoms. The monoisotopic (exact) mass is 462 g/mol. The molecule has 176 valence electrons. The van der Waals surface area contributed by atoms with E-state index in [2.05, 4.69) is 23.3 Å². The normalized spacial score (nSPS) is 17.7. The first-order chi connectivity index (χ1) is 16.5. The van der Waals surface area contributed by atoms with Crippen molar-refractivity contribution in [2.45, 2.75) is 38.3 Å². The first-order valence-corrected chi connectivity index (χ1v) is 11.0. The third-order valence-corrected chi connectivity index (χ3v) is 6.29. The number of fused-ring (bicyclic) bond motifs is 1. The molecule has 0 spiro atoms. The van der Waals surface area contributed by atoms with Crippen molar-refractivity contribution in [2.24, 2.45) is 0 Å². The maximum Gasteiger partial charge on any atom is 0.311 e. The fourth-order valence-corrected chi connectivity index (χ4v) is 4.54. The molecule has 1 fully saturated rings. The van der Waals surface area contributed by atoms with Gasteiger partial charge in [0.25, 0.3) is 0 Å². The lowest BCUT2D eigenvalue weighted by molar-refractivity contribution is -0.384. The van der Waals surface area contributed by atoms with Crippen LogP contribution in [0.4, 0.5) is 11.4 Å². The van der Waals surface area contributed by atoms with Crippen molar-refractivity contribution >= 4 is 22.3 Å². The average Bonchev–Trinajstić information content (AvgIpc) is 2.86. The number of benzene rings is 2. The summed E-state index contributed by atoms with van der Waals surface area (Å²) in [6.07, 6.45) is 3.14. The van der Waals surface area contributed by atoms with Crippen LogP contribution in [-0.2, 0) is 11.3 Å². The van der Waals surface area contributed by atoms with E-state index in [-0.39, 0.29) is 24.3 Å². The van der Waals surface area contributed by atoms with Gasteiger partial charge in [-0.2, -0.15) is 5.26 Å². The van der Waals surface area contributed by atoms with E-state index in [1.54, 1.807) is 32.4 Å². The van der Waals surface area contributed by atoms with Crippen LogP contribution in [0.5, 0.6) is 11.5 Å². The molecule has 0 amide bonds. The third kappa shape index (κ3) is 4.45. The molecule has 2 atom stereocenters. The summed E-state index contributed by atoms with van der Waals surface area (Å²) in [6.45, 7) is 3.04. The maximum atomic E-state index is 11.8. The van der Waals surface area contributed by atoms with Crippen molar-refractivity contribution in [1.29, 1.82) is 5.26 Å². The highest BCUT2D eigenvalue weighted by molar-refractivity contribution is 5.96. The van der Waals surface area contributed by atoms with Crippen LogP contribution in [0.3, 0.4) is 0 Å². The number of nitro groups is 1. The topological polar surface area (TPSA) is 120 Å². The lowest BCUT2D eigenvalue weighted by Crippen LogP contribution is -2.26. The van der Waals surface area contributed by atoms with Crippen LogP contribution in [0.15, 0.2) is 36.5 Å². The Kier molecular flexibility index (Phi) is 6.80. The van der Waals surface area contributed by atoms with Crippen molar-refractivity contribution in [3.05, 3.63) is 63.3 Å². The molecule has 1 aliphatic rings. The molecule has 0 saturated carbocycles. The van der Waals surface area contributed by atoms with Gasteiger partial charge in [0.15, 0.2) is 0 Å². The summed E-state index contributed by atoms with van der Waals surface area (Å²) >= 11 is 0. The minimum Gasteiger partial charge on any atom is -0.497 e. The Morgan fingerprint density at radius 2 is 2.12 bits per heavy atom. The standard InChI is InChI=1S/C25H26N4O5/c1-15-18(5-4-8-34-15)19-10-17(32-2)11-24(33-3)21(19)13-28-25-20-9-16(12-26)6-7-22(20)27-14-23(25)29(30)31/h6-7,9-11,14-15,18H,4-5,8,13H2,1-3H3,(H,27,28)/t15-,18?/m1/s1. The number of hydrogen-bond donors (Lipinski definition) is 1. The van der Waals surface area contributed by atoms with Crippen molar-refractivity contribution in [3.8, 4) is 17.6 Å². The quantitative estimate of drug-likeness (QED) is 0.388. The van der Waals surface area contributed by atoms with Gasteiger partial charge in [-0.05, 0) is 49.6 Å². The number of pyridine rings is 1. The molecule has 3 aromatic rings. The Morgan fingerprint density at radius 3 is 2.79 bits per heavy atom. The fraction of sp³-hybridized carbons (Fsp3) is 0.360. The van der Waals surface area contributed by atoms with Crippen molar-refractivity contribution in [3.63, 3.8) is 0 Å². The van der Waals surface area contributed by atoms with E-state index in [1.807, 2.05) is 12.1 Å². The van der Waals surface area contributed by atoms with E-state index in [0.717, 1.165) is 30.6 Å². The lowest BCUT2D eigenvalue weighted by Gasteiger charge is -2.32. The molecule has 1 aliphatic heterocycles. The second-order valence-corrected chi connectivity index (χ2v) is 8.19. The maximum absolute atomic E-state index is 11.8. The van der Waals surface area contributed by atoms with Gasteiger partial charge in [-0.15, -0.1) is 0 Å². The zero-order chi connectivity index (χ0) is 24.2. The summed E-state index contributed by atoms with van der Waals surface area (Å²) in [5.41, 5.74) is 3.00. The number of nitriles is 1. The van der Waals surface area contributed by atoms with Crippen LogP contribution in [0.1, 0.15) is 42.4 Å². The first-order valence-electron chi connectivity index (χ1n) is 11.0. The predicted molar refractivity (Wildman–Crippen MR) is 127 cm³/mol. The first kappa shape index (κ1) is 23.3. The summed E-state index contributed by atoms with van der Waals surface area (Å²) in [5.74, 6) is 1.43. The largest absolute Gasteiger partial charge is 0.497 e. The second kappa shape index (κ2) is 9.93. The zero-order valence-corrected chi connectivity index (χ0v) is 19.3. The number of anilines is 1. The summed E-state index contributed by atoms with van der Waals surface area (Å²) in [4.78, 5) is 15.5. The van der Waals surface area contributed by atoms with Gasteiger partial charge in [-0.25, -0.2) is 4.98 Å². The molecule has 1 aromatic heterocycles. The van der Waals surface area contributed by atoms with Gasteiger partial charge < -0.3 is 19.5 Å². The number of nitrogens with one attached hydrogen (secondary N) is 1. The number of nitrogens with zero attached hydrogens (tertiary/aromatic N) is 3. The van der Waals surface area contributed by atoms with Gasteiger partial charge in [-0.3, -0.25) is 10.1 Å². The lowest BCUT2D eigenvalue weighted by atomic mass is 9.84. The average molecular weight is 463 g/mol. The Morgan fingerprint density at radius 1 is 1.29 bits per heavy atom. The van der Waals surface area contributed by atoms with Crippen molar-refractivity contribution in [2.75, 3.05) is 26.1 Å². The minimum atomic E-state index is -0.475. The number of aromatic nitrogens is 1. The molecule has 1 unspecified atom stereocenters. The molecule has 2 aromatic carbocycles. The molecule has 2 heterocycles. The van der Waals surface area contributed by atoms with E-state index < -0.39 is 4.92 Å². The summed E-state index contributed by atoms with van der Waals surface area (Å²) in [7, 11) is 3.20. The Labute approximate surface area is 197 Å². The van der Waals surface area contributed by atoms with Crippen molar-refractivity contribution < 1.29 is 19.1 Å². The highest BCUT2D eigenvalue weighted by atomic mass is 16.6. The molecule has 4 rings (SSSR count). The zero-order valence-electron chi connectivity index (χ0n) is 19.3. The smallest absolute Gasteiger partial charge is 0.311 e. The summed E-state index contributed by atoms with van der Waals surface area (Å²) < 4.78 is 17.1. The predicted octanol–water partition coefficient (Wildman–Crippen LogP) is 4.93. The Hall–Kier alpha value is -3.90. The van der Waals surface area contributed by atoms with Gasteiger partial charge in [0.05, 0.1) is 42.4 Å². The van der Waals surface area contributed by atoms with Crippen LogP contribution in [-0.4, -0.2) is 36.8 Å². The minimum absolute atomic E-state index is 0.0126. The van der Waals surface area contributed by atoms with Gasteiger partial charge in [0.2, 0.25) is 0 Å². The van der Waals surface area contributed by atoms with E-state index in [4.69, 9.17) is 14.2 Å². The van der Waals surface area contributed by atoms with Crippen LogP contribution < -0.4 is 14.8 Å². The molecule has 1 N–H and O–H groups in total. The number of rotatable bonds is 7. The number of methoxy groups -OCH3 is 2. The van der Waals surface area contributed by atoms with Crippen LogP contribution in [0.25, 0.3) is 10.9 Å². The van der Waals surface area contributed by atoms with E-state index in [9.17, 15) is 15.4 Å². The molecule has 1 saturated heterocycles. The highest BCUT2D eigenvalue weighted by Gasteiger charge is 2.28. The van der Waals surface area contributed by atoms with E-state index in [1.165, 1.54) is 6.20 Å². The molecule has 9 heteroatoms. The highest BCUT2D eigenvalue weighted by Crippen LogP contribution is 2.40. The molecule has 9 nitrogen and oxygen atoms in total. The molecule has 0 radical (unpaired) electrons. The van der Waals surface area contributed by atoms with Crippen LogP contribution >= 0.6 is 0 Å². The summed E-state index contributed by atoms with van der Waals surface area (Å²) in [6, 6.07) is 10.8. The molecule has 0 aliphatic carbocycles. The van der Waals surface area contributed by atoms with E-state index >= 15 is 0 Å². The Balaban J connectivity index is 1.81. The van der Waals surface area contributed by atoms with Gasteiger partial charge >= 0.3 is 5.69 Å². The van der Waals surface area contributed by atoms with E-state index in [0.29, 0.717) is 33.7 Å². The molecule has 34 heavy (non-hydrogen) atoms. The van der Waals surface area contributed by atoms with Gasteiger partial charge in [-0.1, -0.05) is 0 Å². The SMILES string of the molecule is COc1cc(OC)c(CNc2c([N+](=O)[O-])cnc3ccc(C#N)cc23)c(C2CCCO[C@@H]2C)c1. The third-order valence-electron chi connectivity index (χ3n) is 6.29. The number of hydrogen-bond acceptors (Lipinski definition) is 8. The van der Waals surface area contributed by atoms with Crippen LogP contribution in [0, 0.1) is 21.4 Å². The molecular formula is C25H26N4O5. The summed E-state index contributed by atoms with van der Waals surface area (Å²) in [5, 5.41) is 24.9.